The molecular weight excluding hydrogens is 284 g/mol. The van der Waals surface area contributed by atoms with Crippen molar-refractivity contribution in [3.63, 3.8) is 0 Å². The van der Waals surface area contributed by atoms with E-state index in [-0.39, 0.29) is 11.8 Å². The summed E-state index contributed by atoms with van der Waals surface area (Å²) in [7, 11) is -1.31. The first-order valence-corrected chi connectivity index (χ1v) is 9.39. The zero-order chi connectivity index (χ0) is 15.3. The Hall–Kier alpha value is -0.910. The van der Waals surface area contributed by atoms with Crippen molar-refractivity contribution in [2.45, 2.75) is 50.9 Å². The van der Waals surface area contributed by atoms with E-state index < -0.39 is 10.0 Å². The van der Waals surface area contributed by atoms with Crippen LogP contribution in [0.15, 0.2) is 24.3 Å². The van der Waals surface area contributed by atoms with Crippen LogP contribution < -0.4 is 5.32 Å². The topological polar surface area (TPSA) is 49.4 Å². The van der Waals surface area contributed by atoms with Crippen molar-refractivity contribution in [2.75, 3.05) is 13.6 Å². The quantitative estimate of drug-likeness (QED) is 0.842. The Bertz CT molecular complexity index is 534. The average molecular weight is 310 g/mol. The molecule has 1 N–H and O–H groups in total. The lowest BCUT2D eigenvalue weighted by Gasteiger charge is -2.26. The van der Waals surface area contributed by atoms with Gasteiger partial charge in [0.15, 0.2) is 0 Å². The van der Waals surface area contributed by atoms with Crippen molar-refractivity contribution >= 4 is 10.0 Å². The lowest BCUT2D eigenvalue weighted by Crippen LogP contribution is -2.39. The SMILES string of the molecule is CCN(C1CCCC1)S(=O)(=O)Cc1ccc(CNC)cc1. The van der Waals surface area contributed by atoms with E-state index in [1.54, 1.807) is 4.31 Å². The maximum atomic E-state index is 12.6. The van der Waals surface area contributed by atoms with Gasteiger partial charge in [0, 0.05) is 19.1 Å². The van der Waals surface area contributed by atoms with Gasteiger partial charge in [0.05, 0.1) is 5.75 Å². The van der Waals surface area contributed by atoms with Gasteiger partial charge < -0.3 is 5.32 Å². The normalized spacial score (nSPS) is 16.7. The molecule has 21 heavy (non-hydrogen) atoms. The fraction of sp³-hybridized carbons (Fsp3) is 0.625. The molecule has 0 heterocycles. The molecule has 2 rings (SSSR count). The van der Waals surface area contributed by atoms with Gasteiger partial charge in [-0.15, -0.1) is 0 Å². The average Bonchev–Trinajstić information content (AvgIpc) is 2.95. The Morgan fingerprint density at radius 1 is 1.14 bits per heavy atom. The van der Waals surface area contributed by atoms with E-state index >= 15 is 0 Å². The molecule has 0 amide bonds. The van der Waals surface area contributed by atoms with Crippen molar-refractivity contribution in [1.29, 1.82) is 0 Å². The fourth-order valence-corrected chi connectivity index (χ4v) is 4.96. The smallest absolute Gasteiger partial charge is 0.218 e. The van der Waals surface area contributed by atoms with Gasteiger partial charge in [-0.3, -0.25) is 0 Å². The predicted octanol–water partition coefficient (Wildman–Crippen LogP) is 2.50. The van der Waals surface area contributed by atoms with E-state index in [4.69, 9.17) is 0 Å². The maximum absolute atomic E-state index is 12.6. The van der Waals surface area contributed by atoms with Crippen LogP contribution in [-0.4, -0.2) is 32.4 Å². The van der Waals surface area contributed by atoms with Crippen LogP contribution in [0.3, 0.4) is 0 Å². The molecule has 1 fully saturated rings. The van der Waals surface area contributed by atoms with E-state index in [2.05, 4.69) is 5.32 Å². The second-order valence-electron chi connectivity index (χ2n) is 5.74. The molecule has 0 aromatic heterocycles. The lowest BCUT2D eigenvalue weighted by molar-refractivity contribution is 0.335. The predicted molar refractivity (Wildman–Crippen MR) is 86.5 cm³/mol. The lowest BCUT2D eigenvalue weighted by atomic mass is 10.1. The van der Waals surface area contributed by atoms with Crippen molar-refractivity contribution in [1.82, 2.24) is 9.62 Å². The third kappa shape index (κ3) is 4.28. The van der Waals surface area contributed by atoms with E-state index in [1.165, 1.54) is 5.56 Å². The molecule has 1 aromatic rings. The molecule has 1 aromatic carbocycles. The molecule has 0 bridgehead atoms. The van der Waals surface area contributed by atoms with Crippen LogP contribution in [0.25, 0.3) is 0 Å². The summed E-state index contributed by atoms with van der Waals surface area (Å²) in [5, 5.41) is 3.09. The number of hydrogen-bond acceptors (Lipinski definition) is 3. The highest BCUT2D eigenvalue weighted by Gasteiger charge is 2.30. The molecule has 4 nitrogen and oxygen atoms in total. The summed E-state index contributed by atoms with van der Waals surface area (Å²) in [6, 6.07) is 8.04. The minimum absolute atomic E-state index is 0.108. The highest BCUT2D eigenvalue weighted by molar-refractivity contribution is 7.88. The van der Waals surface area contributed by atoms with E-state index in [0.717, 1.165) is 37.8 Å². The Morgan fingerprint density at radius 2 is 1.71 bits per heavy atom. The van der Waals surface area contributed by atoms with Crippen LogP contribution in [-0.2, 0) is 22.3 Å². The minimum Gasteiger partial charge on any atom is -0.316 e. The van der Waals surface area contributed by atoms with Crippen molar-refractivity contribution < 1.29 is 8.42 Å². The molecule has 118 valence electrons. The summed E-state index contributed by atoms with van der Waals surface area (Å²) in [6.07, 6.45) is 4.31. The highest BCUT2D eigenvalue weighted by atomic mass is 32.2. The van der Waals surface area contributed by atoms with Crippen molar-refractivity contribution in [2.24, 2.45) is 0 Å². The van der Waals surface area contributed by atoms with Gasteiger partial charge in [-0.05, 0) is 31.0 Å². The number of benzene rings is 1. The number of sulfonamides is 1. The zero-order valence-electron chi connectivity index (χ0n) is 13.0. The Kier molecular flexibility index (Phi) is 5.79. The first-order valence-electron chi connectivity index (χ1n) is 7.78. The van der Waals surface area contributed by atoms with Crippen molar-refractivity contribution in [3.8, 4) is 0 Å². The van der Waals surface area contributed by atoms with Crippen molar-refractivity contribution in [3.05, 3.63) is 35.4 Å². The minimum atomic E-state index is -3.22. The molecule has 1 saturated carbocycles. The molecule has 0 unspecified atom stereocenters. The van der Waals surface area contributed by atoms with Gasteiger partial charge in [-0.2, -0.15) is 4.31 Å². The van der Waals surface area contributed by atoms with Gasteiger partial charge in [-0.25, -0.2) is 8.42 Å². The van der Waals surface area contributed by atoms with Gasteiger partial charge in [-0.1, -0.05) is 44.0 Å². The van der Waals surface area contributed by atoms with Crippen LogP contribution in [0.1, 0.15) is 43.7 Å². The summed E-state index contributed by atoms with van der Waals surface area (Å²) in [6.45, 7) is 3.31. The van der Waals surface area contributed by atoms with Gasteiger partial charge in [0.2, 0.25) is 10.0 Å². The first-order chi connectivity index (χ1) is 10.1. The second kappa shape index (κ2) is 7.38. The Labute approximate surface area is 128 Å². The molecule has 0 radical (unpaired) electrons. The standard InChI is InChI=1S/C16H26N2O2S/c1-3-18(16-6-4-5-7-16)21(19,20)13-15-10-8-14(9-11-15)12-17-2/h8-11,16-17H,3-7,12-13H2,1-2H3. The summed E-state index contributed by atoms with van der Waals surface area (Å²) in [5.74, 6) is 0.108. The molecular formula is C16H26N2O2S. The van der Waals surface area contributed by atoms with Crippen LogP contribution in [0.5, 0.6) is 0 Å². The second-order valence-corrected chi connectivity index (χ2v) is 7.67. The molecule has 1 aliphatic carbocycles. The largest absolute Gasteiger partial charge is 0.316 e. The highest BCUT2D eigenvalue weighted by Crippen LogP contribution is 2.26. The summed E-state index contributed by atoms with van der Waals surface area (Å²) >= 11 is 0. The van der Waals surface area contributed by atoms with Gasteiger partial charge >= 0.3 is 0 Å². The molecule has 0 atom stereocenters. The third-order valence-electron chi connectivity index (χ3n) is 4.15. The van der Waals surface area contributed by atoms with Gasteiger partial charge in [0.25, 0.3) is 0 Å². The van der Waals surface area contributed by atoms with Gasteiger partial charge in [0.1, 0.15) is 0 Å². The van der Waals surface area contributed by atoms with Crippen LogP contribution in [0.2, 0.25) is 0 Å². The third-order valence-corrected chi connectivity index (χ3v) is 6.12. The number of nitrogens with one attached hydrogen (secondary N) is 1. The zero-order valence-corrected chi connectivity index (χ0v) is 13.8. The Morgan fingerprint density at radius 3 is 2.24 bits per heavy atom. The number of hydrogen-bond donors (Lipinski definition) is 1. The summed E-state index contributed by atoms with van der Waals surface area (Å²) in [5.41, 5.74) is 2.04. The van der Waals surface area contributed by atoms with E-state index in [0.29, 0.717) is 6.54 Å². The molecule has 5 heteroatoms. The molecule has 0 aliphatic heterocycles. The monoisotopic (exact) mass is 310 g/mol. The first kappa shape index (κ1) is 16.5. The summed E-state index contributed by atoms with van der Waals surface area (Å²) < 4.78 is 27.0. The fourth-order valence-electron chi connectivity index (χ4n) is 3.13. The number of rotatable bonds is 7. The summed E-state index contributed by atoms with van der Waals surface area (Å²) in [4.78, 5) is 0. The Balaban J connectivity index is 2.08. The maximum Gasteiger partial charge on any atom is 0.218 e. The molecule has 1 aliphatic rings. The number of nitrogens with zero attached hydrogens (tertiary/aromatic N) is 1. The van der Waals surface area contributed by atoms with Crippen LogP contribution in [0, 0.1) is 0 Å². The molecule has 0 saturated heterocycles. The van der Waals surface area contributed by atoms with Crippen LogP contribution >= 0.6 is 0 Å². The van der Waals surface area contributed by atoms with Crippen LogP contribution in [0.4, 0.5) is 0 Å². The van der Waals surface area contributed by atoms with E-state index in [1.807, 2.05) is 38.2 Å². The molecule has 0 spiro atoms. The van der Waals surface area contributed by atoms with E-state index in [9.17, 15) is 8.42 Å².